The molecule has 2 aromatic carbocycles. The number of rotatable bonds is 6. The van der Waals surface area contributed by atoms with Crippen LogP contribution in [0.3, 0.4) is 0 Å². The molecule has 0 bridgehead atoms. The molecule has 154 valence electrons. The number of nitrogens with zero attached hydrogens (tertiary/aromatic N) is 3. The Morgan fingerprint density at radius 2 is 1.72 bits per heavy atom. The van der Waals surface area contributed by atoms with Gasteiger partial charge in [-0.05, 0) is 36.4 Å². The first kappa shape index (κ1) is 21.1. The Bertz CT molecular complexity index is 854. The van der Waals surface area contributed by atoms with E-state index >= 15 is 0 Å². The number of anilines is 2. The van der Waals surface area contributed by atoms with Crippen LogP contribution in [0.15, 0.2) is 48.5 Å². The van der Waals surface area contributed by atoms with Crippen LogP contribution in [-0.4, -0.2) is 67.9 Å². The van der Waals surface area contributed by atoms with Gasteiger partial charge in [-0.3, -0.25) is 14.5 Å². The molecule has 8 heteroatoms. The van der Waals surface area contributed by atoms with Crippen molar-refractivity contribution in [2.45, 2.75) is 0 Å². The lowest BCUT2D eigenvalue weighted by atomic mass is 10.2. The molecule has 1 N–H and O–H groups in total. The number of carbonyl (C=O) groups excluding carboxylic acids is 2. The summed E-state index contributed by atoms with van der Waals surface area (Å²) in [6.07, 6.45) is 0. The maximum atomic E-state index is 13.1. The molecule has 1 aliphatic rings. The molecule has 29 heavy (non-hydrogen) atoms. The van der Waals surface area contributed by atoms with Crippen molar-refractivity contribution in [3.63, 3.8) is 0 Å². The number of amides is 2. The predicted octanol–water partition coefficient (Wildman–Crippen LogP) is 2.70. The summed E-state index contributed by atoms with van der Waals surface area (Å²) < 4.78 is 13.1. The first-order chi connectivity index (χ1) is 13.9. The van der Waals surface area contributed by atoms with E-state index in [9.17, 15) is 14.0 Å². The van der Waals surface area contributed by atoms with Crippen LogP contribution in [0.5, 0.6) is 0 Å². The summed E-state index contributed by atoms with van der Waals surface area (Å²) in [5.74, 6) is -0.663. The number of nitrogens with one attached hydrogen (secondary N) is 1. The van der Waals surface area contributed by atoms with Crippen molar-refractivity contribution in [1.82, 2.24) is 9.80 Å². The molecule has 0 radical (unpaired) electrons. The number of para-hydroxylation sites is 1. The van der Waals surface area contributed by atoms with Crippen molar-refractivity contribution in [2.75, 3.05) is 56.5 Å². The second-order valence-electron chi connectivity index (χ2n) is 7.02. The fourth-order valence-corrected chi connectivity index (χ4v) is 3.37. The quantitative estimate of drug-likeness (QED) is 0.783. The second-order valence-corrected chi connectivity index (χ2v) is 7.42. The maximum Gasteiger partial charge on any atom is 0.244 e. The predicted molar refractivity (Wildman–Crippen MR) is 113 cm³/mol. The molecule has 2 aromatic rings. The van der Waals surface area contributed by atoms with E-state index in [4.69, 9.17) is 11.6 Å². The number of hydrogen-bond acceptors (Lipinski definition) is 4. The zero-order valence-corrected chi connectivity index (χ0v) is 17.0. The average Bonchev–Trinajstić information content (AvgIpc) is 2.71. The molecule has 1 heterocycles. The van der Waals surface area contributed by atoms with Gasteiger partial charge in [-0.15, -0.1) is 0 Å². The van der Waals surface area contributed by atoms with Gasteiger partial charge in [0.05, 0.1) is 23.8 Å². The minimum atomic E-state index is -0.296. The van der Waals surface area contributed by atoms with Crippen molar-refractivity contribution >= 4 is 34.8 Å². The number of benzene rings is 2. The van der Waals surface area contributed by atoms with Gasteiger partial charge in [-0.25, -0.2) is 4.39 Å². The number of carbonyl (C=O) groups is 2. The van der Waals surface area contributed by atoms with Crippen molar-refractivity contribution in [2.24, 2.45) is 0 Å². The van der Waals surface area contributed by atoms with Crippen LogP contribution in [0.4, 0.5) is 15.8 Å². The fourth-order valence-electron chi connectivity index (χ4n) is 3.18. The molecular formula is C21H24ClFN4O2. The van der Waals surface area contributed by atoms with E-state index < -0.39 is 0 Å². The Morgan fingerprint density at radius 1 is 1.07 bits per heavy atom. The molecule has 1 fully saturated rings. The summed E-state index contributed by atoms with van der Waals surface area (Å²) in [7, 11) is 1.61. The first-order valence-electron chi connectivity index (χ1n) is 9.43. The van der Waals surface area contributed by atoms with Crippen molar-refractivity contribution in [3.05, 3.63) is 59.4 Å². The summed E-state index contributed by atoms with van der Waals surface area (Å²) >= 11 is 6.04. The minimum absolute atomic E-state index is 0.0421. The largest absolute Gasteiger partial charge is 0.369 e. The highest BCUT2D eigenvalue weighted by atomic mass is 35.5. The van der Waals surface area contributed by atoms with Crippen LogP contribution in [0.2, 0.25) is 5.02 Å². The van der Waals surface area contributed by atoms with E-state index in [2.05, 4.69) is 15.1 Å². The third kappa shape index (κ3) is 5.92. The average molecular weight is 419 g/mol. The van der Waals surface area contributed by atoms with Gasteiger partial charge in [-0.1, -0.05) is 23.7 Å². The Labute approximate surface area is 174 Å². The number of piperazine rings is 1. The number of likely N-dealkylation sites (N-methyl/N-ethyl adjacent to an activating group) is 1. The fraction of sp³-hybridized carbons (Fsp3) is 0.333. The molecule has 0 saturated carbocycles. The summed E-state index contributed by atoms with van der Waals surface area (Å²) in [4.78, 5) is 30.3. The highest BCUT2D eigenvalue weighted by Crippen LogP contribution is 2.20. The monoisotopic (exact) mass is 418 g/mol. The highest BCUT2D eigenvalue weighted by molar-refractivity contribution is 6.33. The van der Waals surface area contributed by atoms with Gasteiger partial charge >= 0.3 is 0 Å². The summed E-state index contributed by atoms with van der Waals surface area (Å²) in [6, 6.07) is 13.4. The zero-order valence-electron chi connectivity index (χ0n) is 16.3. The SMILES string of the molecule is CN(CC(=O)Nc1ccccc1Cl)C(=O)CN1CCN(c2ccc(F)cc2)CC1. The van der Waals surface area contributed by atoms with Gasteiger partial charge in [0.1, 0.15) is 5.82 Å². The third-order valence-electron chi connectivity index (χ3n) is 4.88. The number of halogens is 2. The van der Waals surface area contributed by atoms with E-state index in [0.29, 0.717) is 10.7 Å². The smallest absolute Gasteiger partial charge is 0.244 e. The lowest BCUT2D eigenvalue weighted by Crippen LogP contribution is -2.50. The topological polar surface area (TPSA) is 55.9 Å². The van der Waals surface area contributed by atoms with Crippen LogP contribution in [0, 0.1) is 5.82 Å². The maximum absolute atomic E-state index is 13.1. The Kier molecular flexibility index (Phi) is 7.06. The molecule has 0 unspecified atom stereocenters. The van der Waals surface area contributed by atoms with Crippen LogP contribution in [0.25, 0.3) is 0 Å². The lowest BCUT2D eigenvalue weighted by Gasteiger charge is -2.36. The number of hydrogen-bond donors (Lipinski definition) is 1. The van der Waals surface area contributed by atoms with Crippen molar-refractivity contribution in [1.29, 1.82) is 0 Å². The van der Waals surface area contributed by atoms with E-state index in [1.165, 1.54) is 17.0 Å². The van der Waals surface area contributed by atoms with Gasteiger partial charge in [0.2, 0.25) is 11.8 Å². The van der Waals surface area contributed by atoms with Gasteiger partial charge < -0.3 is 15.1 Å². The Balaban J connectivity index is 1.43. The van der Waals surface area contributed by atoms with Crippen molar-refractivity contribution < 1.29 is 14.0 Å². The minimum Gasteiger partial charge on any atom is -0.369 e. The van der Waals surface area contributed by atoms with Crippen molar-refractivity contribution in [3.8, 4) is 0 Å². The normalized spacial score (nSPS) is 14.5. The summed E-state index contributed by atoms with van der Waals surface area (Å²) in [5, 5.41) is 3.17. The van der Waals surface area contributed by atoms with E-state index in [0.717, 1.165) is 31.9 Å². The van der Waals surface area contributed by atoms with E-state index in [-0.39, 0.29) is 30.7 Å². The third-order valence-corrected chi connectivity index (χ3v) is 5.21. The molecule has 1 saturated heterocycles. The molecule has 3 rings (SSSR count). The summed E-state index contributed by atoms with van der Waals surface area (Å²) in [6.45, 7) is 3.18. The Morgan fingerprint density at radius 3 is 2.38 bits per heavy atom. The van der Waals surface area contributed by atoms with Gasteiger partial charge in [-0.2, -0.15) is 0 Å². The highest BCUT2D eigenvalue weighted by Gasteiger charge is 2.21. The zero-order chi connectivity index (χ0) is 20.8. The molecule has 0 aromatic heterocycles. The standard InChI is InChI=1S/C21H24ClFN4O2/c1-25(14-20(28)24-19-5-3-2-4-18(19)22)21(29)15-26-10-12-27(13-11-26)17-8-6-16(23)7-9-17/h2-9H,10-15H2,1H3,(H,24,28). The van der Waals surface area contributed by atoms with Crippen LogP contribution in [-0.2, 0) is 9.59 Å². The van der Waals surface area contributed by atoms with E-state index in [1.54, 1.807) is 43.4 Å². The van der Waals surface area contributed by atoms with Crippen LogP contribution < -0.4 is 10.2 Å². The summed E-state index contributed by atoms with van der Waals surface area (Å²) in [5.41, 5.74) is 1.50. The lowest BCUT2D eigenvalue weighted by molar-refractivity contribution is -0.134. The van der Waals surface area contributed by atoms with Gasteiger partial charge in [0, 0.05) is 38.9 Å². The molecule has 6 nitrogen and oxygen atoms in total. The van der Waals surface area contributed by atoms with Gasteiger partial charge in [0.15, 0.2) is 0 Å². The molecular weight excluding hydrogens is 395 g/mol. The van der Waals surface area contributed by atoms with Crippen LogP contribution in [0.1, 0.15) is 0 Å². The Hall–Kier alpha value is -2.64. The molecule has 1 aliphatic heterocycles. The van der Waals surface area contributed by atoms with E-state index in [1.807, 2.05) is 0 Å². The molecule has 0 atom stereocenters. The molecule has 2 amide bonds. The van der Waals surface area contributed by atoms with Gasteiger partial charge in [0.25, 0.3) is 0 Å². The first-order valence-corrected chi connectivity index (χ1v) is 9.81. The van der Waals surface area contributed by atoms with Crippen LogP contribution >= 0.6 is 11.6 Å². The molecule has 0 aliphatic carbocycles. The second kappa shape index (κ2) is 9.71. The molecule has 0 spiro atoms.